The Hall–Kier alpha value is -3.43. The van der Waals surface area contributed by atoms with Gasteiger partial charge in [0, 0.05) is 24.0 Å². The van der Waals surface area contributed by atoms with E-state index in [1.54, 1.807) is 0 Å². The highest BCUT2D eigenvalue weighted by molar-refractivity contribution is 7.85. The zero-order chi connectivity index (χ0) is 30.9. The second kappa shape index (κ2) is 11.8. The molecule has 2 aliphatic rings. The average Bonchev–Trinajstić information content (AvgIpc) is 3.44. The molecule has 1 fully saturated rings. The number of nitrogens with one attached hydrogen (secondary N) is 1. The Bertz CT molecular complexity index is 1440. The maximum atomic E-state index is 13.8. The minimum Gasteiger partial charge on any atom is -0.460 e. The van der Waals surface area contributed by atoms with Gasteiger partial charge in [-0.05, 0) is 55.7 Å². The van der Waals surface area contributed by atoms with E-state index in [0.717, 1.165) is 31.9 Å². The number of nitrogens with two attached hydrogens (primary N) is 2. The lowest BCUT2D eigenvalue weighted by Gasteiger charge is -2.30. The molecule has 1 atom stereocenters. The largest absolute Gasteiger partial charge is 0.460 e. The van der Waals surface area contributed by atoms with Crippen LogP contribution >= 0.6 is 0 Å². The van der Waals surface area contributed by atoms with Gasteiger partial charge >= 0.3 is 12.1 Å². The molecule has 0 spiro atoms. The van der Waals surface area contributed by atoms with Crippen LogP contribution in [0, 0.1) is 5.41 Å². The molecule has 6 N–H and O–H groups in total. The van der Waals surface area contributed by atoms with Crippen LogP contribution in [0.2, 0.25) is 0 Å². The highest BCUT2D eigenvalue weighted by Gasteiger charge is 2.43. The molecular weight excluding hydrogens is 569 g/mol. The normalized spacial score (nSPS) is 17.7. The van der Waals surface area contributed by atoms with Gasteiger partial charge < -0.3 is 26.1 Å². The van der Waals surface area contributed by atoms with Gasteiger partial charge in [-0.2, -0.15) is 21.6 Å². The summed E-state index contributed by atoms with van der Waals surface area (Å²) in [5, 5.41) is 2.72. The lowest BCUT2D eigenvalue weighted by molar-refractivity contribution is -0.149. The van der Waals surface area contributed by atoms with Gasteiger partial charge in [-0.15, -0.1) is 0 Å². The zero-order valence-electron chi connectivity index (χ0n) is 22.7. The number of rotatable bonds is 6. The SMILES string of the molecule is CC1(C)CC(=O)c2c(C(F)(F)F)cn(-c3ccc(C(N)=O)c(NC(N)C(=O)OC4CCCC4)c3)c2C1.CS(=O)(=O)O. The Morgan fingerprint density at radius 1 is 1.20 bits per heavy atom. The number of benzene rings is 1. The molecule has 0 aliphatic heterocycles. The second-order valence-corrected chi connectivity index (χ2v) is 12.4. The molecule has 1 aromatic heterocycles. The number of ketones is 1. The first-order chi connectivity index (χ1) is 18.8. The summed E-state index contributed by atoms with van der Waals surface area (Å²) in [6, 6.07) is 4.15. The van der Waals surface area contributed by atoms with Crippen molar-refractivity contribution < 1.29 is 45.3 Å². The number of anilines is 1. The highest BCUT2D eigenvalue weighted by Crippen LogP contribution is 2.43. The number of hydrogen-bond acceptors (Lipinski definition) is 8. The third kappa shape index (κ3) is 8.30. The molecule has 1 amide bonds. The smallest absolute Gasteiger partial charge is 0.418 e. The summed E-state index contributed by atoms with van der Waals surface area (Å²) < 4.78 is 74.1. The number of carbonyl (C=O) groups excluding carboxylic acids is 3. The van der Waals surface area contributed by atoms with E-state index >= 15 is 0 Å². The summed E-state index contributed by atoms with van der Waals surface area (Å²) in [5.74, 6) is -2.11. The number of hydrogen-bond donors (Lipinski definition) is 4. The number of alkyl halides is 3. The van der Waals surface area contributed by atoms with E-state index in [9.17, 15) is 36.0 Å². The zero-order valence-corrected chi connectivity index (χ0v) is 23.6. The maximum Gasteiger partial charge on any atom is 0.418 e. The van der Waals surface area contributed by atoms with Crippen LogP contribution in [0.3, 0.4) is 0 Å². The molecular formula is C26H33F3N4O7S. The van der Waals surface area contributed by atoms with Gasteiger partial charge in [0.25, 0.3) is 16.0 Å². The number of fused-ring (bicyclic) bond motifs is 1. The fourth-order valence-electron chi connectivity index (χ4n) is 5.00. The average molecular weight is 603 g/mol. The molecule has 15 heteroatoms. The second-order valence-electron chi connectivity index (χ2n) is 11.0. The Morgan fingerprint density at radius 3 is 2.32 bits per heavy atom. The number of nitrogens with zero attached hydrogens (tertiary/aromatic N) is 1. The minimum atomic E-state index is -4.73. The van der Waals surface area contributed by atoms with Crippen molar-refractivity contribution in [2.75, 3.05) is 11.6 Å². The molecule has 11 nitrogen and oxygen atoms in total. The van der Waals surface area contributed by atoms with E-state index in [1.165, 1.54) is 22.8 Å². The molecule has 1 unspecified atom stereocenters. The van der Waals surface area contributed by atoms with Crippen molar-refractivity contribution in [2.45, 2.75) is 70.8 Å². The Balaban J connectivity index is 0.000000850. The van der Waals surface area contributed by atoms with Crippen LogP contribution in [0.25, 0.3) is 5.69 Å². The summed E-state index contributed by atoms with van der Waals surface area (Å²) in [7, 11) is -3.67. The summed E-state index contributed by atoms with van der Waals surface area (Å²) >= 11 is 0. The number of esters is 1. The van der Waals surface area contributed by atoms with Crippen molar-refractivity contribution in [3.8, 4) is 5.69 Å². The van der Waals surface area contributed by atoms with Crippen molar-refractivity contribution in [3.63, 3.8) is 0 Å². The van der Waals surface area contributed by atoms with Crippen LogP contribution in [0.5, 0.6) is 0 Å². The van der Waals surface area contributed by atoms with E-state index in [4.69, 9.17) is 20.8 Å². The molecule has 226 valence electrons. The standard InChI is InChI=1S/C25H29F3N4O4.CH4O3S/c1-24(2)10-18-20(19(33)11-24)16(25(26,27)28)12-32(18)13-7-8-15(22(30)34)17(9-13)31-21(29)23(35)36-14-5-3-4-6-14;1-5(2,3)4/h7-9,12,14,21,31H,3-6,10-11,29H2,1-2H3,(H2,30,34);1H3,(H,2,3,4). The molecule has 2 aliphatic carbocycles. The van der Waals surface area contributed by atoms with Gasteiger partial charge in [0.15, 0.2) is 11.9 Å². The highest BCUT2D eigenvalue weighted by atomic mass is 32.2. The molecule has 1 aromatic carbocycles. The van der Waals surface area contributed by atoms with Crippen LogP contribution in [0.15, 0.2) is 24.4 Å². The van der Waals surface area contributed by atoms with Gasteiger partial charge in [-0.1, -0.05) is 13.8 Å². The van der Waals surface area contributed by atoms with Crippen LogP contribution < -0.4 is 16.8 Å². The molecule has 1 saturated carbocycles. The first kappa shape index (κ1) is 32.1. The number of ether oxygens (including phenoxy) is 1. The van der Waals surface area contributed by atoms with Crippen LogP contribution in [-0.2, 0) is 32.2 Å². The van der Waals surface area contributed by atoms with E-state index in [-0.39, 0.29) is 47.1 Å². The van der Waals surface area contributed by atoms with E-state index in [0.29, 0.717) is 6.26 Å². The topological polar surface area (TPSA) is 184 Å². The van der Waals surface area contributed by atoms with Gasteiger partial charge in [-0.3, -0.25) is 14.1 Å². The molecule has 41 heavy (non-hydrogen) atoms. The van der Waals surface area contributed by atoms with E-state index < -0.39 is 51.1 Å². The van der Waals surface area contributed by atoms with Gasteiger partial charge in [0.2, 0.25) is 0 Å². The quantitative estimate of drug-likeness (QED) is 0.218. The number of amides is 1. The maximum absolute atomic E-state index is 13.8. The molecule has 1 heterocycles. The monoisotopic (exact) mass is 602 g/mol. The van der Waals surface area contributed by atoms with Crippen molar-refractivity contribution in [3.05, 3.63) is 46.8 Å². The summed E-state index contributed by atoms with van der Waals surface area (Å²) in [6.45, 7) is 3.63. The summed E-state index contributed by atoms with van der Waals surface area (Å²) in [5.41, 5.74) is 10.1. The third-order valence-electron chi connectivity index (χ3n) is 6.67. The number of Topliss-reactive ketones (excluding diaryl/α,β-unsaturated/α-hetero) is 1. The summed E-state index contributed by atoms with van der Waals surface area (Å²) in [6.07, 6.45) is -1.04. The third-order valence-corrected chi connectivity index (χ3v) is 6.67. The predicted molar refractivity (Wildman–Crippen MR) is 143 cm³/mol. The molecule has 4 rings (SSSR count). The Kier molecular flexibility index (Phi) is 9.25. The number of carbonyl (C=O) groups is 3. The van der Waals surface area contributed by atoms with Crippen molar-refractivity contribution in [2.24, 2.45) is 16.9 Å². The Morgan fingerprint density at radius 2 is 1.78 bits per heavy atom. The molecule has 2 aromatic rings. The van der Waals surface area contributed by atoms with Crippen molar-refractivity contribution in [1.82, 2.24) is 4.57 Å². The number of primary amides is 1. The van der Waals surface area contributed by atoms with Gasteiger partial charge in [0.1, 0.15) is 6.10 Å². The van der Waals surface area contributed by atoms with Crippen molar-refractivity contribution in [1.29, 1.82) is 0 Å². The molecule has 0 bridgehead atoms. The van der Waals surface area contributed by atoms with E-state index in [2.05, 4.69) is 5.32 Å². The molecule has 0 radical (unpaired) electrons. The minimum absolute atomic E-state index is 0.00152. The fraction of sp³-hybridized carbons (Fsp3) is 0.500. The molecule has 0 saturated heterocycles. The number of aromatic nitrogens is 1. The fourth-order valence-corrected chi connectivity index (χ4v) is 5.00. The predicted octanol–water partition coefficient (Wildman–Crippen LogP) is 3.44. The Labute approximate surface area is 235 Å². The lowest BCUT2D eigenvalue weighted by Crippen LogP contribution is -2.41. The number of halogens is 3. The van der Waals surface area contributed by atoms with Crippen molar-refractivity contribution >= 4 is 33.5 Å². The van der Waals surface area contributed by atoms with Crippen LogP contribution in [0.4, 0.5) is 18.9 Å². The van der Waals surface area contributed by atoms with Crippen LogP contribution in [0.1, 0.15) is 77.9 Å². The first-order valence-electron chi connectivity index (χ1n) is 12.7. The van der Waals surface area contributed by atoms with Gasteiger partial charge in [0.05, 0.1) is 28.6 Å². The summed E-state index contributed by atoms with van der Waals surface area (Å²) in [4.78, 5) is 37.2. The first-order valence-corrected chi connectivity index (χ1v) is 14.6. The van der Waals surface area contributed by atoms with Crippen LogP contribution in [-0.4, -0.2) is 53.7 Å². The van der Waals surface area contributed by atoms with E-state index in [1.807, 2.05) is 13.8 Å². The lowest BCUT2D eigenvalue weighted by atomic mass is 9.75. The van der Waals surface area contributed by atoms with Gasteiger partial charge in [-0.25, -0.2) is 4.79 Å².